The molecule has 2 N–H and O–H groups in total. The van der Waals surface area contributed by atoms with Gasteiger partial charge in [0, 0.05) is 25.8 Å². The van der Waals surface area contributed by atoms with Gasteiger partial charge in [0.2, 0.25) is 0 Å². The van der Waals surface area contributed by atoms with Gasteiger partial charge >= 0.3 is 0 Å². The summed E-state index contributed by atoms with van der Waals surface area (Å²) < 4.78 is 5.71. The molecule has 0 spiro atoms. The van der Waals surface area contributed by atoms with Crippen LogP contribution in [0.25, 0.3) is 0 Å². The highest BCUT2D eigenvalue weighted by Gasteiger charge is 2.14. The second-order valence-electron chi connectivity index (χ2n) is 6.82. The minimum absolute atomic E-state index is 0. The lowest BCUT2D eigenvalue weighted by Crippen LogP contribution is -2.40. The summed E-state index contributed by atoms with van der Waals surface area (Å²) in [5.74, 6) is 1.67. The lowest BCUT2D eigenvalue weighted by atomic mass is 10.1. The molecule has 3 rings (SSSR count). The lowest BCUT2D eigenvalue weighted by Gasteiger charge is -2.22. The summed E-state index contributed by atoms with van der Waals surface area (Å²) in [6.07, 6.45) is 2.58. The van der Waals surface area contributed by atoms with E-state index >= 15 is 0 Å². The zero-order chi connectivity index (χ0) is 18.9. The number of aliphatic imine (C=N–C) groups is 1. The maximum atomic E-state index is 5.71. The van der Waals surface area contributed by atoms with E-state index in [-0.39, 0.29) is 30.0 Å². The van der Waals surface area contributed by atoms with Crippen molar-refractivity contribution in [2.75, 3.05) is 38.2 Å². The van der Waals surface area contributed by atoms with E-state index in [9.17, 15) is 0 Å². The second kappa shape index (κ2) is 11.8. The lowest BCUT2D eigenvalue weighted by molar-refractivity contribution is 0.321. The van der Waals surface area contributed by atoms with Crippen molar-refractivity contribution < 1.29 is 4.74 Å². The number of rotatable bonds is 7. The summed E-state index contributed by atoms with van der Waals surface area (Å²) >= 11 is 0. The predicted molar refractivity (Wildman–Crippen MR) is 128 cm³/mol. The number of nitrogens with one attached hydrogen (secondary N) is 2. The van der Waals surface area contributed by atoms with Crippen LogP contribution in [0.3, 0.4) is 0 Å². The average Bonchev–Trinajstić information content (AvgIpc) is 3.26. The molecule has 0 radical (unpaired) electrons. The van der Waals surface area contributed by atoms with Gasteiger partial charge < -0.3 is 20.3 Å². The minimum Gasteiger partial charge on any atom is -0.492 e. The number of benzene rings is 2. The Morgan fingerprint density at radius 1 is 1.11 bits per heavy atom. The van der Waals surface area contributed by atoms with E-state index in [0.29, 0.717) is 13.2 Å². The van der Waals surface area contributed by atoms with Gasteiger partial charge in [-0.3, -0.25) is 4.99 Å². The molecule has 6 heteroatoms. The van der Waals surface area contributed by atoms with Gasteiger partial charge in [0.15, 0.2) is 5.96 Å². The van der Waals surface area contributed by atoms with Gasteiger partial charge in [-0.15, -0.1) is 24.0 Å². The van der Waals surface area contributed by atoms with Crippen molar-refractivity contribution in [3.8, 4) is 5.75 Å². The van der Waals surface area contributed by atoms with Crippen LogP contribution in [0, 0.1) is 0 Å². The first kappa shape index (κ1) is 22.3. The van der Waals surface area contributed by atoms with Gasteiger partial charge in [0.1, 0.15) is 12.4 Å². The summed E-state index contributed by atoms with van der Waals surface area (Å²) in [5.41, 5.74) is 2.58. The van der Waals surface area contributed by atoms with Crippen LogP contribution in [-0.2, 0) is 0 Å². The van der Waals surface area contributed by atoms with E-state index in [4.69, 9.17) is 4.74 Å². The number of hydrogen-bond donors (Lipinski definition) is 2. The molecule has 2 aromatic rings. The monoisotopic (exact) mass is 494 g/mol. The number of ether oxygens (including phenoxy) is 1. The average molecular weight is 494 g/mol. The molecule has 1 fully saturated rings. The van der Waals surface area contributed by atoms with Gasteiger partial charge in [0.05, 0.1) is 12.6 Å². The fourth-order valence-corrected chi connectivity index (χ4v) is 3.30. The quantitative estimate of drug-likeness (QED) is 0.262. The summed E-state index contributed by atoms with van der Waals surface area (Å²) in [7, 11) is 1.79. The molecule has 0 saturated carbocycles. The molecule has 1 saturated heterocycles. The fourth-order valence-electron chi connectivity index (χ4n) is 3.30. The number of anilines is 1. The zero-order valence-electron chi connectivity index (χ0n) is 16.7. The van der Waals surface area contributed by atoms with Crippen molar-refractivity contribution >= 4 is 35.6 Å². The molecule has 1 unspecified atom stereocenters. The van der Waals surface area contributed by atoms with Gasteiger partial charge in [0.25, 0.3) is 0 Å². The standard InChI is InChI=1S/C22H30N4O.HI/c1-18(19-9-8-10-20(17-19)26-14-6-7-15-26)25-22(23-2)24-13-16-27-21-11-4-3-5-12-21;/h3-5,8-12,17-18H,6-7,13-16H2,1-2H3,(H2,23,24,25);1H. The number of guanidine groups is 1. The van der Waals surface area contributed by atoms with Crippen molar-refractivity contribution in [1.29, 1.82) is 0 Å². The van der Waals surface area contributed by atoms with E-state index in [0.717, 1.165) is 24.8 Å². The van der Waals surface area contributed by atoms with Crippen LogP contribution < -0.4 is 20.3 Å². The predicted octanol–water partition coefficient (Wildman–Crippen LogP) is 4.21. The molecule has 1 atom stereocenters. The maximum absolute atomic E-state index is 5.71. The van der Waals surface area contributed by atoms with Crippen LogP contribution in [0.1, 0.15) is 31.4 Å². The van der Waals surface area contributed by atoms with Gasteiger partial charge in [-0.25, -0.2) is 0 Å². The van der Waals surface area contributed by atoms with Crippen LogP contribution in [0.2, 0.25) is 0 Å². The third-order valence-electron chi connectivity index (χ3n) is 4.82. The molecule has 5 nitrogen and oxygen atoms in total. The maximum Gasteiger partial charge on any atom is 0.191 e. The highest BCUT2D eigenvalue weighted by atomic mass is 127. The normalized spacial score (nSPS) is 14.9. The Morgan fingerprint density at radius 3 is 2.57 bits per heavy atom. The van der Waals surface area contributed by atoms with Crippen molar-refractivity contribution in [1.82, 2.24) is 10.6 Å². The van der Waals surface area contributed by atoms with Crippen molar-refractivity contribution in [2.45, 2.75) is 25.8 Å². The van der Waals surface area contributed by atoms with Crippen LogP contribution in [-0.4, -0.2) is 39.2 Å². The number of para-hydroxylation sites is 1. The van der Waals surface area contributed by atoms with E-state index in [1.54, 1.807) is 7.05 Å². The molecule has 2 aromatic carbocycles. The van der Waals surface area contributed by atoms with Crippen LogP contribution >= 0.6 is 24.0 Å². The van der Waals surface area contributed by atoms with Crippen molar-refractivity contribution in [2.24, 2.45) is 4.99 Å². The Kier molecular flexibility index (Phi) is 9.40. The molecule has 0 amide bonds. The second-order valence-corrected chi connectivity index (χ2v) is 6.82. The molecular formula is C22H31IN4O. The highest BCUT2D eigenvalue weighted by molar-refractivity contribution is 14.0. The molecule has 0 aliphatic carbocycles. The first-order valence-electron chi connectivity index (χ1n) is 9.76. The number of hydrogen-bond acceptors (Lipinski definition) is 3. The van der Waals surface area contributed by atoms with Crippen LogP contribution in [0.5, 0.6) is 5.75 Å². The smallest absolute Gasteiger partial charge is 0.191 e. The van der Waals surface area contributed by atoms with Crippen LogP contribution in [0.15, 0.2) is 59.6 Å². The molecule has 0 aromatic heterocycles. The summed E-state index contributed by atoms with van der Waals surface area (Å²) in [6.45, 7) is 5.76. The largest absolute Gasteiger partial charge is 0.492 e. The first-order chi connectivity index (χ1) is 13.3. The Morgan fingerprint density at radius 2 is 1.86 bits per heavy atom. The minimum atomic E-state index is 0. The Hall–Kier alpha value is -1.96. The molecule has 152 valence electrons. The van der Waals surface area contributed by atoms with Crippen molar-refractivity contribution in [3.63, 3.8) is 0 Å². The topological polar surface area (TPSA) is 48.9 Å². The van der Waals surface area contributed by atoms with E-state index < -0.39 is 0 Å². The Balaban J connectivity index is 0.00000280. The summed E-state index contributed by atoms with van der Waals surface area (Å²) in [5, 5.41) is 6.78. The number of halogens is 1. The Bertz CT molecular complexity index is 732. The summed E-state index contributed by atoms with van der Waals surface area (Å²) in [6, 6.07) is 18.8. The van der Waals surface area contributed by atoms with Gasteiger partial charge in [-0.2, -0.15) is 0 Å². The SMILES string of the molecule is CN=C(NCCOc1ccccc1)NC(C)c1cccc(N2CCCC2)c1.I. The molecule has 1 aliphatic heterocycles. The van der Waals surface area contributed by atoms with Crippen molar-refractivity contribution in [3.05, 3.63) is 60.2 Å². The summed E-state index contributed by atoms with van der Waals surface area (Å²) in [4.78, 5) is 6.79. The van der Waals surface area contributed by atoms with Gasteiger partial charge in [-0.1, -0.05) is 30.3 Å². The first-order valence-corrected chi connectivity index (χ1v) is 9.76. The number of nitrogens with zero attached hydrogens (tertiary/aromatic N) is 2. The van der Waals surface area contributed by atoms with Gasteiger partial charge in [-0.05, 0) is 49.6 Å². The third-order valence-corrected chi connectivity index (χ3v) is 4.82. The van der Waals surface area contributed by atoms with Crippen LogP contribution in [0.4, 0.5) is 5.69 Å². The zero-order valence-corrected chi connectivity index (χ0v) is 19.1. The molecule has 1 aliphatic rings. The molecule has 1 heterocycles. The van der Waals surface area contributed by atoms with E-state index in [1.165, 1.54) is 24.1 Å². The fraction of sp³-hybridized carbons (Fsp3) is 0.409. The van der Waals surface area contributed by atoms with E-state index in [1.807, 2.05) is 30.3 Å². The molecule has 28 heavy (non-hydrogen) atoms. The van der Waals surface area contributed by atoms with E-state index in [2.05, 4.69) is 51.7 Å². The third kappa shape index (κ3) is 6.58. The molecular weight excluding hydrogens is 463 g/mol. The Labute approximate surface area is 185 Å². The molecule has 0 bridgehead atoms. The highest BCUT2D eigenvalue weighted by Crippen LogP contribution is 2.23.